The first-order valence-electron chi connectivity index (χ1n) is 5.31. The molecule has 1 aliphatic rings. The summed E-state index contributed by atoms with van der Waals surface area (Å²) in [6.45, 7) is 1.58. The number of benzene rings is 1. The largest absolute Gasteiger partial charge is 0.369 e. The Morgan fingerprint density at radius 3 is 2.56 bits per heavy atom. The van der Waals surface area contributed by atoms with Crippen LogP contribution in [0.5, 0.6) is 0 Å². The minimum absolute atomic E-state index is 0.355. The standard InChI is InChI=1S/C12H14ClNOS/c1-16-10-2-3-12(11(13)8-10)14-6-4-9(15)5-7-14/h2-3,8H,4-7H2,1H3. The van der Waals surface area contributed by atoms with Gasteiger partial charge in [0.25, 0.3) is 0 Å². The van der Waals surface area contributed by atoms with Crippen molar-refractivity contribution >= 4 is 34.8 Å². The highest BCUT2D eigenvalue weighted by Crippen LogP contribution is 2.31. The summed E-state index contributed by atoms with van der Waals surface area (Å²) in [5, 5.41) is 0.779. The Hall–Kier alpha value is -0.670. The molecule has 86 valence electrons. The van der Waals surface area contributed by atoms with E-state index < -0.39 is 0 Å². The number of rotatable bonds is 2. The molecule has 2 rings (SSSR count). The highest BCUT2D eigenvalue weighted by atomic mass is 35.5. The van der Waals surface area contributed by atoms with Gasteiger partial charge in [0.15, 0.2) is 0 Å². The van der Waals surface area contributed by atoms with Crippen LogP contribution in [0, 0.1) is 0 Å². The molecule has 1 aliphatic heterocycles. The topological polar surface area (TPSA) is 20.3 Å². The van der Waals surface area contributed by atoms with Gasteiger partial charge in [-0.25, -0.2) is 0 Å². The van der Waals surface area contributed by atoms with Gasteiger partial charge in [0.1, 0.15) is 5.78 Å². The normalized spacial score (nSPS) is 16.6. The van der Waals surface area contributed by atoms with Gasteiger partial charge in [0.2, 0.25) is 0 Å². The van der Waals surface area contributed by atoms with Crippen LogP contribution in [0.25, 0.3) is 0 Å². The van der Waals surface area contributed by atoms with Crippen LogP contribution in [0.2, 0.25) is 5.02 Å². The van der Waals surface area contributed by atoms with Crippen LogP contribution in [-0.2, 0) is 4.79 Å². The first-order chi connectivity index (χ1) is 7.70. The number of ketones is 1. The number of hydrogen-bond donors (Lipinski definition) is 0. The molecule has 16 heavy (non-hydrogen) atoms. The van der Waals surface area contributed by atoms with E-state index in [2.05, 4.69) is 11.0 Å². The van der Waals surface area contributed by atoms with Crippen LogP contribution in [0.1, 0.15) is 12.8 Å². The molecule has 0 radical (unpaired) electrons. The van der Waals surface area contributed by atoms with Crippen LogP contribution in [-0.4, -0.2) is 25.1 Å². The van der Waals surface area contributed by atoms with Crippen LogP contribution < -0.4 is 4.90 Å². The Bertz CT molecular complexity index is 398. The highest BCUT2D eigenvalue weighted by Gasteiger charge is 2.18. The van der Waals surface area contributed by atoms with E-state index in [9.17, 15) is 4.79 Å². The van der Waals surface area contributed by atoms with Gasteiger partial charge in [-0.2, -0.15) is 0 Å². The lowest BCUT2D eigenvalue weighted by molar-refractivity contribution is -0.119. The average Bonchev–Trinajstić information content (AvgIpc) is 2.30. The van der Waals surface area contributed by atoms with Crippen molar-refractivity contribution in [3.05, 3.63) is 23.2 Å². The Balaban J connectivity index is 2.17. The molecule has 2 nitrogen and oxygen atoms in total. The van der Waals surface area contributed by atoms with Crippen molar-refractivity contribution in [1.29, 1.82) is 0 Å². The lowest BCUT2D eigenvalue weighted by Crippen LogP contribution is -2.33. The van der Waals surface area contributed by atoms with E-state index in [1.807, 2.05) is 18.4 Å². The predicted octanol–water partition coefficient (Wildman–Crippen LogP) is 3.23. The summed E-state index contributed by atoms with van der Waals surface area (Å²) < 4.78 is 0. The number of thioether (sulfide) groups is 1. The molecule has 0 bridgehead atoms. The molecule has 1 heterocycles. The molecule has 0 atom stereocenters. The van der Waals surface area contributed by atoms with E-state index in [1.165, 1.54) is 4.90 Å². The van der Waals surface area contributed by atoms with Gasteiger partial charge in [0.05, 0.1) is 10.7 Å². The molecule has 1 saturated heterocycles. The van der Waals surface area contributed by atoms with E-state index in [-0.39, 0.29) is 0 Å². The molecule has 1 aromatic rings. The number of piperidine rings is 1. The number of Topliss-reactive ketones (excluding diaryl/α,β-unsaturated/α-hetero) is 1. The summed E-state index contributed by atoms with van der Waals surface area (Å²) in [6.07, 6.45) is 3.31. The molecular formula is C12H14ClNOS. The zero-order chi connectivity index (χ0) is 11.5. The van der Waals surface area contributed by atoms with E-state index in [1.54, 1.807) is 11.8 Å². The molecule has 1 fully saturated rings. The number of hydrogen-bond acceptors (Lipinski definition) is 3. The lowest BCUT2D eigenvalue weighted by atomic mass is 10.1. The number of carbonyl (C=O) groups excluding carboxylic acids is 1. The van der Waals surface area contributed by atoms with Gasteiger partial charge in [-0.1, -0.05) is 11.6 Å². The van der Waals surface area contributed by atoms with Crippen molar-refractivity contribution in [2.75, 3.05) is 24.2 Å². The first-order valence-corrected chi connectivity index (χ1v) is 6.91. The monoisotopic (exact) mass is 255 g/mol. The highest BCUT2D eigenvalue weighted by molar-refractivity contribution is 7.98. The van der Waals surface area contributed by atoms with Gasteiger partial charge >= 0.3 is 0 Å². The third kappa shape index (κ3) is 2.53. The number of halogens is 1. The van der Waals surface area contributed by atoms with E-state index in [0.717, 1.165) is 23.8 Å². The summed E-state index contributed by atoms with van der Waals surface area (Å²) in [4.78, 5) is 14.5. The SMILES string of the molecule is CSc1ccc(N2CCC(=O)CC2)c(Cl)c1. The molecule has 0 spiro atoms. The second kappa shape index (κ2) is 5.11. The second-order valence-corrected chi connectivity index (χ2v) is 5.13. The van der Waals surface area contributed by atoms with Crippen molar-refractivity contribution in [3.63, 3.8) is 0 Å². The quantitative estimate of drug-likeness (QED) is 0.757. The van der Waals surface area contributed by atoms with Gasteiger partial charge in [-0.3, -0.25) is 4.79 Å². The molecule has 1 aromatic carbocycles. The van der Waals surface area contributed by atoms with Gasteiger partial charge in [0, 0.05) is 30.8 Å². The Morgan fingerprint density at radius 1 is 1.31 bits per heavy atom. The van der Waals surface area contributed by atoms with Crippen molar-refractivity contribution < 1.29 is 4.79 Å². The van der Waals surface area contributed by atoms with E-state index in [0.29, 0.717) is 18.6 Å². The molecule has 0 aromatic heterocycles. The fourth-order valence-corrected chi connectivity index (χ4v) is 2.67. The lowest BCUT2D eigenvalue weighted by Gasteiger charge is -2.29. The number of carbonyl (C=O) groups is 1. The van der Waals surface area contributed by atoms with Crippen LogP contribution in [0.4, 0.5) is 5.69 Å². The van der Waals surface area contributed by atoms with E-state index >= 15 is 0 Å². The first kappa shape index (κ1) is 11.8. The molecular weight excluding hydrogens is 242 g/mol. The Labute approximate surface area is 105 Å². The van der Waals surface area contributed by atoms with Crippen molar-refractivity contribution in [2.24, 2.45) is 0 Å². The van der Waals surface area contributed by atoms with Crippen molar-refractivity contribution in [2.45, 2.75) is 17.7 Å². The predicted molar refractivity (Wildman–Crippen MR) is 69.7 cm³/mol. The summed E-state index contributed by atoms with van der Waals surface area (Å²) in [6, 6.07) is 6.10. The molecule has 0 N–H and O–H groups in total. The van der Waals surface area contributed by atoms with Gasteiger partial charge in [-0.15, -0.1) is 11.8 Å². The fourth-order valence-electron chi connectivity index (χ4n) is 1.87. The Morgan fingerprint density at radius 2 is 2.00 bits per heavy atom. The van der Waals surface area contributed by atoms with E-state index in [4.69, 9.17) is 11.6 Å². The summed E-state index contributed by atoms with van der Waals surface area (Å²) in [5.74, 6) is 0.355. The molecule has 0 amide bonds. The van der Waals surface area contributed by atoms with Gasteiger partial charge in [-0.05, 0) is 24.5 Å². The number of nitrogens with zero attached hydrogens (tertiary/aromatic N) is 1. The van der Waals surface area contributed by atoms with Crippen molar-refractivity contribution in [3.8, 4) is 0 Å². The maximum atomic E-state index is 11.2. The smallest absolute Gasteiger partial charge is 0.136 e. The maximum absolute atomic E-state index is 11.2. The minimum atomic E-state index is 0.355. The van der Waals surface area contributed by atoms with Crippen LogP contribution in [0.15, 0.2) is 23.1 Å². The van der Waals surface area contributed by atoms with Gasteiger partial charge < -0.3 is 4.90 Å². The minimum Gasteiger partial charge on any atom is -0.369 e. The summed E-state index contributed by atoms with van der Waals surface area (Å²) in [7, 11) is 0. The fraction of sp³-hybridized carbons (Fsp3) is 0.417. The second-order valence-electron chi connectivity index (χ2n) is 3.84. The zero-order valence-electron chi connectivity index (χ0n) is 9.20. The molecule has 0 unspecified atom stereocenters. The summed E-state index contributed by atoms with van der Waals surface area (Å²) in [5.41, 5.74) is 1.05. The molecule has 4 heteroatoms. The molecule has 0 aliphatic carbocycles. The third-order valence-electron chi connectivity index (χ3n) is 2.82. The zero-order valence-corrected chi connectivity index (χ0v) is 10.8. The maximum Gasteiger partial charge on any atom is 0.136 e. The summed E-state index contributed by atoms with van der Waals surface area (Å²) >= 11 is 7.92. The average molecular weight is 256 g/mol. The van der Waals surface area contributed by atoms with Crippen LogP contribution in [0.3, 0.4) is 0 Å². The van der Waals surface area contributed by atoms with Crippen molar-refractivity contribution in [1.82, 2.24) is 0 Å². The molecule has 0 saturated carbocycles. The van der Waals surface area contributed by atoms with Crippen LogP contribution >= 0.6 is 23.4 Å². The third-order valence-corrected chi connectivity index (χ3v) is 3.84. The number of anilines is 1. The Kier molecular flexibility index (Phi) is 3.77.